The fourth-order valence-electron chi connectivity index (χ4n) is 3.43. The minimum absolute atomic E-state index is 0.0929. The Morgan fingerprint density at radius 3 is 2.04 bits per heavy atom. The molecule has 0 amide bonds. The summed E-state index contributed by atoms with van der Waals surface area (Å²) in [7, 11) is 0. The van der Waals surface area contributed by atoms with E-state index in [0.717, 1.165) is 12.1 Å². The van der Waals surface area contributed by atoms with Crippen LogP contribution >= 0.6 is 0 Å². The summed E-state index contributed by atoms with van der Waals surface area (Å²) in [5.41, 5.74) is -1.68. The zero-order valence-electron chi connectivity index (χ0n) is 14.8. The lowest BCUT2D eigenvalue weighted by Gasteiger charge is -2.19. The standard InChI is InChI=1S/C20H19F6NO/c21-19(22,23)16-6-13(7-17(8-16)20(24,25)26)11-28-12-15-9-27-10-18(15)14-4-2-1-3-5-14/h1-8,15,18,27H,9-12H2/t15-,18-/m0/s1. The Hall–Kier alpha value is -2.06. The Labute approximate surface area is 158 Å². The molecule has 0 radical (unpaired) electrons. The van der Waals surface area contributed by atoms with Gasteiger partial charge in [0.2, 0.25) is 0 Å². The van der Waals surface area contributed by atoms with Crippen molar-refractivity contribution in [3.63, 3.8) is 0 Å². The number of hydrogen-bond donors (Lipinski definition) is 1. The molecule has 0 aromatic heterocycles. The van der Waals surface area contributed by atoms with E-state index in [2.05, 4.69) is 5.32 Å². The molecule has 152 valence electrons. The third kappa shape index (κ3) is 5.05. The molecular formula is C20H19F6NO. The van der Waals surface area contributed by atoms with Gasteiger partial charge in [0.15, 0.2) is 0 Å². The molecule has 1 N–H and O–H groups in total. The highest BCUT2D eigenvalue weighted by Crippen LogP contribution is 2.36. The zero-order chi connectivity index (χ0) is 20.4. The summed E-state index contributed by atoms with van der Waals surface area (Å²) >= 11 is 0. The molecule has 0 bridgehead atoms. The van der Waals surface area contributed by atoms with E-state index >= 15 is 0 Å². The monoisotopic (exact) mass is 403 g/mol. The fraction of sp³-hybridized carbons (Fsp3) is 0.400. The summed E-state index contributed by atoms with van der Waals surface area (Å²) in [5, 5.41) is 3.25. The van der Waals surface area contributed by atoms with Crippen molar-refractivity contribution < 1.29 is 31.1 Å². The molecule has 8 heteroatoms. The van der Waals surface area contributed by atoms with Gasteiger partial charge in [-0.15, -0.1) is 0 Å². The van der Waals surface area contributed by atoms with Gasteiger partial charge in [-0.3, -0.25) is 0 Å². The number of alkyl halides is 6. The van der Waals surface area contributed by atoms with E-state index in [9.17, 15) is 26.3 Å². The summed E-state index contributed by atoms with van der Waals surface area (Å²) in [6.45, 7) is 1.35. The van der Waals surface area contributed by atoms with Crippen molar-refractivity contribution in [1.82, 2.24) is 5.32 Å². The molecule has 2 nitrogen and oxygen atoms in total. The van der Waals surface area contributed by atoms with Crippen molar-refractivity contribution in [2.45, 2.75) is 24.9 Å². The molecule has 1 aliphatic rings. The molecule has 1 fully saturated rings. The van der Waals surface area contributed by atoms with E-state index in [1.54, 1.807) is 0 Å². The maximum Gasteiger partial charge on any atom is 0.416 e. The van der Waals surface area contributed by atoms with Crippen LogP contribution in [0.2, 0.25) is 0 Å². The van der Waals surface area contributed by atoms with Gasteiger partial charge in [0, 0.05) is 24.9 Å². The molecular weight excluding hydrogens is 384 g/mol. The molecule has 3 rings (SSSR count). The molecule has 28 heavy (non-hydrogen) atoms. The molecule has 0 unspecified atom stereocenters. The Morgan fingerprint density at radius 2 is 1.46 bits per heavy atom. The Bertz CT molecular complexity index is 755. The van der Waals surface area contributed by atoms with E-state index in [1.807, 2.05) is 30.3 Å². The van der Waals surface area contributed by atoms with Gasteiger partial charge in [-0.05, 0) is 29.3 Å². The second kappa shape index (κ2) is 8.13. The van der Waals surface area contributed by atoms with Crippen LogP contribution < -0.4 is 5.32 Å². The molecule has 2 aromatic rings. The SMILES string of the molecule is FC(F)(F)c1cc(COC[C@@H]2CNC[C@H]2c2ccccc2)cc(C(F)(F)F)c1. The van der Waals surface area contributed by atoms with Gasteiger partial charge in [0.05, 0.1) is 24.3 Å². The van der Waals surface area contributed by atoms with Crippen LogP contribution in [-0.4, -0.2) is 19.7 Å². The quantitative estimate of drug-likeness (QED) is 0.689. The molecule has 2 atom stereocenters. The second-order valence-electron chi connectivity index (χ2n) is 6.86. The van der Waals surface area contributed by atoms with E-state index in [-0.39, 0.29) is 36.7 Å². The molecule has 0 saturated carbocycles. The van der Waals surface area contributed by atoms with Gasteiger partial charge in [-0.2, -0.15) is 26.3 Å². The third-order valence-electron chi connectivity index (χ3n) is 4.82. The normalized spacial score (nSPS) is 20.5. The van der Waals surface area contributed by atoms with Gasteiger partial charge in [0.25, 0.3) is 0 Å². The van der Waals surface area contributed by atoms with E-state index in [1.165, 1.54) is 0 Å². The number of ether oxygens (including phenoxy) is 1. The maximum absolute atomic E-state index is 12.9. The van der Waals surface area contributed by atoms with Crippen molar-refractivity contribution in [2.24, 2.45) is 5.92 Å². The van der Waals surface area contributed by atoms with Crippen molar-refractivity contribution in [3.8, 4) is 0 Å². The topological polar surface area (TPSA) is 21.3 Å². The van der Waals surface area contributed by atoms with Gasteiger partial charge in [0.1, 0.15) is 0 Å². The Balaban J connectivity index is 1.69. The lowest BCUT2D eigenvalue weighted by atomic mass is 9.89. The third-order valence-corrected chi connectivity index (χ3v) is 4.82. The zero-order valence-corrected chi connectivity index (χ0v) is 14.8. The van der Waals surface area contributed by atoms with Crippen LogP contribution in [0.4, 0.5) is 26.3 Å². The number of rotatable bonds is 5. The highest BCUT2D eigenvalue weighted by molar-refractivity contribution is 5.33. The van der Waals surface area contributed by atoms with Gasteiger partial charge in [-0.25, -0.2) is 0 Å². The first-order chi connectivity index (χ1) is 13.1. The first-order valence-electron chi connectivity index (χ1n) is 8.76. The van der Waals surface area contributed by atoms with Gasteiger partial charge in [-0.1, -0.05) is 30.3 Å². The second-order valence-corrected chi connectivity index (χ2v) is 6.86. The Morgan fingerprint density at radius 1 is 0.857 bits per heavy atom. The van der Waals surface area contributed by atoms with Crippen LogP contribution in [0.25, 0.3) is 0 Å². The van der Waals surface area contributed by atoms with Crippen molar-refractivity contribution in [2.75, 3.05) is 19.7 Å². The summed E-state index contributed by atoms with van der Waals surface area (Å²) in [4.78, 5) is 0. The number of halogens is 6. The predicted molar refractivity (Wildman–Crippen MR) is 91.6 cm³/mol. The Kier molecular flexibility index (Phi) is 6.00. The minimum atomic E-state index is -4.86. The lowest BCUT2D eigenvalue weighted by molar-refractivity contribution is -0.143. The van der Waals surface area contributed by atoms with Gasteiger partial charge < -0.3 is 10.1 Å². The summed E-state index contributed by atoms with van der Waals surface area (Å²) in [5.74, 6) is 0.281. The number of benzene rings is 2. The van der Waals surface area contributed by atoms with E-state index in [0.29, 0.717) is 18.7 Å². The number of nitrogens with one attached hydrogen (secondary N) is 1. The molecule has 1 heterocycles. The molecule has 0 spiro atoms. The van der Waals surface area contributed by atoms with Crippen molar-refractivity contribution >= 4 is 0 Å². The smallest absolute Gasteiger partial charge is 0.376 e. The van der Waals surface area contributed by atoms with Crippen LogP contribution in [0.5, 0.6) is 0 Å². The first-order valence-corrected chi connectivity index (χ1v) is 8.76. The van der Waals surface area contributed by atoms with E-state index in [4.69, 9.17) is 4.74 Å². The highest BCUT2D eigenvalue weighted by Gasteiger charge is 2.37. The summed E-state index contributed by atoms with van der Waals surface area (Å²) in [6, 6.07) is 11.3. The van der Waals surface area contributed by atoms with Crippen LogP contribution in [0.3, 0.4) is 0 Å². The van der Waals surface area contributed by atoms with Crippen molar-refractivity contribution in [1.29, 1.82) is 0 Å². The van der Waals surface area contributed by atoms with Crippen LogP contribution in [0.1, 0.15) is 28.2 Å². The lowest BCUT2D eigenvalue weighted by Crippen LogP contribution is -2.18. The largest absolute Gasteiger partial charge is 0.416 e. The van der Waals surface area contributed by atoms with Crippen LogP contribution in [-0.2, 0) is 23.7 Å². The summed E-state index contributed by atoms with van der Waals surface area (Å²) in [6.07, 6.45) is -9.71. The van der Waals surface area contributed by atoms with E-state index < -0.39 is 23.5 Å². The molecule has 0 aliphatic carbocycles. The first kappa shape index (κ1) is 20.7. The molecule has 1 saturated heterocycles. The predicted octanol–water partition coefficient (Wildman–Crippen LogP) is 5.24. The highest BCUT2D eigenvalue weighted by atomic mass is 19.4. The summed E-state index contributed by atoms with van der Waals surface area (Å²) < 4.78 is 83.1. The molecule has 1 aliphatic heterocycles. The minimum Gasteiger partial charge on any atom is -0.376 e. The fourth-order valence-corrected chi connectivity index (χ4v) is 3.43. The van der Waals surface area contributed by atoms with Crippen LogP contribution in [0.15, 0.2) is 48.5 Å². The van der Waals surface area contributed by atoms with Gasteiger partial charge >= 0.3 is 12.4 Å². The average Bonchev–Trinajstić information content (AvgIpc) is 3.09. The maximum atomic E-state index is 12.9. The average molecular weight is 403 g/mol. The van der Waals surface area contributed by atoms with Crippen molar-refractivity contribution in [3.05, 3.63) is 70.8 Å². The number of hydrogen-bond acceptors (Lipinski definition) is 2. The molecule has 2 aromatic carbocycles. The van der Waals surface area contributed by atoms with Crippen LogP contribution in [0, 0.1) is 5.92 Å².